The molecule has 1 aromatic carbocycles. The predicted octanol–water partition coefficient (Wildman–Crippen LogP) is 4.14. The summed E-state index contributed by atoms with van der Waals surface area (Å²) in [5.41, 5.74) is 3.02. The van der Waals surface area contributed by atoms with Crippen LogP contribution < -0.4 is 0 Å². The van der Waals surface area contributed by atoms with Gasteiger partial charge in [0.25, 0.3) is 0 Å². The van der Waals surface area contributed by atoms with Crippen molar-refractivity contribution in [3.05, 3.63) is 64.4 Å². The SMILES string of the molecule is Cc1cc(Cl)ccc1C(=O)[C@@H]1CCCN(Cc2ccncc2)C1. The van der Waals surface area contributed by atoms with Crippen LogP contribution in [0.5, 0.6) is 0 Å². The van der Waals surface area contributed by atoms with Crippen molar-refractivity contribution >= 4 is 17.4 Å². The number of pyridine rings is 1. The Labute approximate surface area is 142 Å². The molecule has 0 N–H and O–H groups in total. The highest BCUT2D eigenvalue weighted by Crippen LogP contribution is 2.25. The van der Waals surface area contributed by atoms with E-state index in [0.717, 1.165) is 43.6 Å². The maximum absolute atomic E-state index is 12.9. The zero-order valence-corrected chi connectivity index (χ0v) is 14.1. The standard InChI is InChI=1S/C19H21ClN2O/c1-14-11-17(20)4-5-18(14)19(23)16-3-2-10-22(13-16)12-15-6-8-21-9-7-15/h4-9,11,16H,2-3,10,12-13H2,1H3/t16-/m1/s1. The predicted molar refractivity (Wildman–Crippen MR) is 92.8 cm³/mol. The van der Waals surface area contributed by atoms with Crippen molar-refractivity contribution in [2.24, 2.45) is 5.92 Å². The van der Waals surface area contributed by atoms with Crippen molar-refractivity contribution in [1.82, 2.24) is 9.88 Å². The molecule has 0 aliphatic carbocycles. The minimum Gasteiger partial charge on any atom is -0.298 e. The number of halogens is 1. The molecule has 0 amide bonds. The van der Waals surface area contributed by atoms with Gasteiger partial charge in [0.15, 0.2) is 5.78 Å². The molecule has 1 aliphatic heterocycles. The summed E-state index contributed by atoms with van der Waals surface area (Å²) < 4.78 is 0. The Balaban J connectivity index is 1.69. The van der Waals surface area contributed by atoms with E-state index in [2.05, 4.69) is 9.88 Å². The van der Waals surface area contributed by atoms with Crippen LogP contribution in [0.25, 0.3) is 0 Å². The molecule has 1 saturated heterocycles. The molecular formula is C19H21ClN2O. The number of carbonyl (C=O) groups is 1. The molecule has 1 atom stereocenters. The van der Waals surface area contributed by atoms with Crippen LogP contribution in [0.4, 0.5) is 0 Å². The number of nitrogens with zero attached hydrogens (tertiary/aromatic N) is 2. The summed E-state index contributed by atoms with van der Waals surface area (Å²) in [5, 5.41) is 0.682. The maximum Gasteiger partial charge on any atom is 0.167 e. The number of rotatable bonds is 4. The van der Waals surface area contributed by atoms with Crippen LogP contribution >= 0.6 is 11.6 Å². The molecule has 0 spiro atoms. The number of hydrogen-bond donors (Lipinski definition) is 0. The van der Waals surface area contributed by atoms with Crippen LogP contribution in [0.3, 0.4) is 0 Å². The first-order valence-electron chi connectivity index (χ1n) is 8.05. The van der Waals surface area contributed by atoms with Gasteiger partial charge in [0.2, 0.25) is 0 Å². The molecule has 1 aromatic heterocycles. The molecule has 3 nitrogen and oxygen atoms in total. The van der Waals surface area contributed by atoms with E-state index in [-0.39, 0.29) is 11.7 Å². The lowest BCUT2D eigenvalue weighted by molar-refractivity contribution is 0.0811. The number of likely N-dealkylation sites (tertiary alicyclic amines) is 1. The average molecular weight is 329 g/mol. The molecule has 0 bridgehead atoms. The number of aryl methyl sites for hydroxylation is 1. The van der Waals surface area contributed by atoms with E-state index < -0.39 is 0 Å². The second-order valence-corrected chi connectivity index (χ2v) is 6.69. The molecule has 0 unspecified atom stereocenters. The molecule has 120 valence electrons. The number of aromatic nitrogens is 1. The lowest BCUT2D eigenvalue weighted by Gasteiger charge is -2.32. The summed E-state index contributed by atoms with van der Waals surface area (Å²) in [4.78, 5) is 19.3. The van der Waals surface area contributed by atoms with Crippen molar-refractivity contribution in [1.29, 1.82) is 0 Å². The zero-order valence-electron chi connectivity index (χ0n) is 13.3. The third-order valence-electron chi connectivity index (χ3n) is 4.49. The number of piperidine rings is 1. The maximum atomic E-state index is 12.9. The molecule has 23 heavy (non-hydrogen) atoms. The third-order valence-corrected chi connectivity index (χ3v) is 4.72. The largest absolute Gasteiger partial charge is 0.298 e. The van der Waals surface area contributed by atoms with E-state index in [0.29, 0.717) is 5.02 Å². The highest BCUT2D eigenvalue weighted by atomic mass is 35.5. The Kier molecular flexibility index (Phi) is 5.09. The number of Topliss-reactive ketones (excluding diaryl/α,β-unsaturated/α-hetero) is 1. The van der Waals surface area contributed by atoms with Gasteiger partial charge in [-0.3, -0.25) is 14.7 Å². The van der Waals surface area contributed by atoms with E-state index in [4.69, 9.17) is 11.6 Å². The van der Waals surface area contributed by atoms with Crippen molar-refractivity contribution in [2.75, 3.05) is 13.1 Å². The van der Waals surface area contributed by atoms with Gasteiger partial charge in [0.1, 0.15) is 0 Å². The van der Waals surface area contributed by atoms with Crippen LogP contribution in [0.1, 0.15) is 34.3 Å². The monoisotopic (exact) mass is 328 g/mol. The molecule has 1 fully saturated rings. The molecular weight excluding hydrogens is 308 g/mol. The van der Waals surface area contributed by atoms with Gasteiger partial charge < -0.3 is 0 Å². The first-order chi connectivity index (χ1) is 11.1. The van der Waals surface area contributed by atoms with Crippen molar-refractivity contribution in [2.45, 2.75) is 26.3 Å². The van der Waals surface area contributed by atoms with Crippen LogP contribution in [0.15, 0.2) is 42.7 Å². The second-order valence-electron chi connectivity index (χ2n) is 6.25. The lowest BCUT2D eigenvalue weighted by atomic mass is 9.88. The van der Waals surface area contributed by atoms with Gasteiger partial charge in [-0.05, 0) is 67.8 Å². The summed E-state index contributed by atoms with van der Waals surface area (Å²) in [5.74, 6) is 0.323. The number of hydrogen-bond acceptors (Lipinski definition) is 3. The smallest absolute Gasteiger partial charge is 0.167 e. The van der Waals surface area contributed by atoms with E-state index in [9.17, 15) is 4.79 Å². The minimum atomic E-state index is 0.0745. The van der Waals surface area contributed by atoms with Gasteiger partial charge in [-0.15, -0.1) is 0 Å². The Morgan fingerprint density at radius 2 is 2.09 bits per heavy atom. The van der Waals surface area contributed by atoms with Gasteiger partial charge in [-0.2, -0.15) is 0 Å². The normalized spacial score (nSPS) is 18.8. The van der Waals surface area contributed by atoms with Crippen LogP contribution in [0.2, 0.25) is 5.02 Å². The molecule has 3 rings (SSSR count). The third kappa shape index (κ3) is 3.98. The molecule has 2 aromatic rings. The Bertz CT molecular complexity index is 687. The molecule has 4 heteroatoms. The summed E-state index contributed by atoms with van der Waals surface area (Å²) in [6.07, 6.45) is 5.67. The van der Waals surface area contributed by atoms with Gasteiger partial charge >= 0.3 is 0 Å². The highest BCUT2D eigenvalue weighted by Gasteiger charge is 2.27. The average Bonchev–Trinajstić information content (AvgIpc) is 2.55. The fraction of sp³-hybridized carbons (Fsp3) is 0.368. The van der Waals surface area contributed by atoms with Crippen LogP contribution in [0, 0.1) is 12.8 Å². The Hall–Kier alpha value is -1.71. The summed E-state index contributed by atoms with van der Waals surface area (Å²) in [7, 11) is 0. The summed E-state index contributed by atoms with van der Waals surface area (Å²) in [6.45, 7) is 4.71. The Morgan fingerprint density at radius 1 is 1.30 bits per heavy atom. The number of ketones is 1. The first kappa shape index (κ1) is 16.2. The zero-order chi connectivity index (χ0) is 16.2. The lowest BCUT2D eigenvalue weighted by Crippen LogP contribution is -2.38. The van der Waals surface area contributed by atoms with Crippen LogP contribution in [-0.4, -0.2) is 28.8 Å². The van der Waals surface area contributed by atoms with Gasteiger partial charge in [0.05, 0.1) is 0 Å². The van der Waals surface area contributed by atoms with Crippen molar-refractivity contribution < 1.29 is 4.79 Å². The van der Waals surface area contributed by atoms with Gasteiger partial charge in [-0.1, -0.05) is 11.6 Å². The second kappa shape index (κ2) is 7.24. The topological polar surface area (TPSA) is 33.2 Å². The van der Waals surface area contributed by atoms with Gasteiger partial charge in [0, 0.05) is 42.0 Å². The summed E-state index contributed by atoms with van der Waals surface area (Å²) >= 11 is 6.00. The minimum absolute atomic E-state index is 0.0745. The quantitative estimate of drug-likeness (QED) is 0.791. The first-order valence-corrected chi connectivity index (χ1v) is 8.43. The number of carbonyl (C=O) groups excluding carboxylic acids is 1. The Morgan fingerprint density at radius 3 is 2.83 bits per heavy atom. The number of benzene rings is 1. The van der Waals surface area contributed by atoms with E-state index in [1.165, 1.54) is 5.56 Å². The highest BCUT2D eigenvalue weighted by molar-refractivity contribution is 6.30. The molecule has 1 aliphatic rings. The van der Waals surface area contributed by atoms with Crippen molar-refractivity contribution in [3.8, 4) is 0 Å². The van der Waals surface area contributed by atoms with Crippen LogP contribution in [-0.2, 0) is 6.54 Å². The summed E-state index contributed by atoms with van der Waals surface area (Å²) in [6, 6.07) is 9.61. The van der Waals surface area contributed by atoms with Crippen molar-refractivity contribution in [3.63, 3.8) is 0 Å². The molecule has 0 saturated carbocycles. The fourth-order valence-corrected chi connectivity index (χ4v) is 3.51. The van der Waals surface area contributed by atoms with Gasteiger partial charge in [-0.25, -0.2) is 0 Å². The van der Waals surface area contributed by atoms with E-state index >= 15 is 0 Å². The molecule has 0 radical (unpaired) electrons. The molecule has 2 heterocycles. The van der Waals surface area contributed by atoms with E-state index in [1.54, 1.807) is 6.07 Å². The fourth-order valence-electron chi connectivity index (χ4n) is 3.28. The van der Waals surface area contributed by atoms with E-state index in [1.807, 2.05) is 43.6 Å².